The van der Waals surface area contributed by atoms with E-state index in [4.69, 9.17) is 4.74 Å². The summed E-state index contributed by atoms with van der Waals surface area (Å²) in [6.45, 7) is 6.53. The standard InChI is InChI=1S/C20H24O5/c1-12(2)6-5-7-15-10-16-17(23)8-9-18(24)20(16,13(3)21)19(11-15)25-14(4)22/h6,8-9,11,16,19H,5,7,10H2,1-4H3/t16-,19-,20-/m1/s1. The molecular formula is C20H24O5. The van der Waals surface area contributed by atoms with E-state index >= 15 is 0 Å². The highest BCUT2D eigenvalue weighted by molar-refractivity contribution is 6.20. The van der Waals surface area contributed by atoms with Gasteiger partial charge in [-0.05, 0) is 58.3 Å². The first-order valence-electron chi connectivity index (χ1n) is 8.47. The van der Waals surface area contributed by atoms with E-state index in [1.165, 1.54) is 25.5 Å². The van der Waals surface area contributed by atoms with Crippen LogP contribution in [0.1, 0.15) is 47.0 Å². The van der Waals surface area contributed by atoms with Gasteiger partial charge in [-0.3, -0.25) is 19.2 Å². The van der Waals surface area contributed by atoms with Gasteiger partial charge in [0.15, 0.2) is 11.6 Å². The zero-order valence-electron chi connectivity index (χ0n) is 15.1. The topological polar surface area (TPSA) is 77.5 Å². The Morgan fingerprint density at radius 3 is 2.44 bits per heavy atom. The Balaban J connectivity index is 2.49. The number of carbonyl (C=O) groups is 4. The predicted octanol–water partition coefficient (Wildman–Crippen LogP) is 2.89. The van der Waals surface area contributed by atoms with Crippen LogP contribution >= 0.6 is 0 Å². The third-order valence-corrected chi connectivity index (χ3v) is 4.90. The van der Waals surface area contributed by atoms with E-state index in [1.54, 1.807) is 6.08 Å². The Hall–Kier alpha value is -2.30. The first kappa shape index (κ1) is 19.0. The van der Waals surface area contributed by atoms with E-state index in [1.807, 2.05) is 13.8 Å². The summed E-state index contributed by atoms with van der Waals surface area (Å²) in [5, 5.41) is 0. The SMILES string of the molecule is CC(=O)O[C@@H]1C=C(CCC=C(C)C)C[C@@H]2C(=O)C=CC(=O)[C@@]21C(C)=O. The summed E-state index contributed by atoms with van der Waals surface area (Å²) >= 11 is 0. The summed E-state index contributed by atoms with van der Waals surface area (Å²) < 4.78 is 5.34. The van der Waals surface area contributed by atoms with Crippen molar-refractivity contribution in [1.82, 2.24) is 0 Å². The molecule has 0 aromatic rings. The molecule has 134 valence electrons. The second-order valence-corrected chi connectivity index (χ2v) is 6.96. The fourth-order valence-electron chi connectivity index (χ4n) is 3.74. The Morgan fingerprint density at radius 1 is 1.20 bits per heavy atom. The molecule has 2 aliphatic carbocycles. The monoisotopic (exact) mass is 344 g/mol. The van der Waals surface area contributed by atoms with Crippen molar-refractivity contribution >= 4 is 23.3 Å². The number of carbonyl (C=O) groups excluding carboxylic acids is 4. The maximum Gasteiger partial charge on any atom is 0.303 e. The van der Waals surface area contributed by atoms with Gasteiger partial charge in [-0.15, -0.1) is 0 Å². The second kappa shape index (κ2) is 7.30. The minimum Gasteiger partial charge on any atom is -0.457 e. The van der Waals surface area contributed by atoms with E-state index in [0.717, 1.165) is 18.1 Å². The summed E-state index contributed by atoms with van der Waals surface area (Å²) in [5.74, 6) is -2.55. The Kier molecular flexibility index (Phi) is 5.55. The van der Waals surface area contributed by atoms with E-state index in [-0.39, 0.29) is 5.78 Å². The molecule has 2 rings (SSSR count). The molecule has 5 heteroatoms. The summed E-state index contributed by atoms with van der Waals surface area (Å²) in [6.07, 6.45) is 6.94. The van der Waals surface area contributed by atoms with Crippen LogP contribution in [0.15, 0.2) is 35.5 Å². The van der Waals surface area contributed by atoms with Crippen molar-refractivity contribution in [3.8, 4) is 0 Å². The molecule has 0 saturated carbocycles. The van der Waals surface area contributed by atoms with E-state index < -0.39 is 35.0 Å². The minimum atomic E-state index is -1.63. The Bertz CT molecular complexity index is 706. The van der Waals surface area contributed by atoms with Crippen molar-refractivity contribution < 1.29 is 23.9 Å². The van der Waals surface area contributed by atoms with Gasteiger partial charge >= 0.3 is 5.97 Å². The highest BCUT2D eigenvalue weighted by atomic mass is 16.5. The molecule has 2 aliphatic rings. The molecule has 0 fully saturated rings. The highest BCUT2D eigenvalue weighted by Crippen LogP contribution is 2.47. The summed E-state index contributed by atoms with van der Waals surface area (Å²) in [4.78, 5) is 49.2. The van der Waals surface area contributed by atoms with Crippen molar-refractivity contribution in [2.24, 2.45) is 11.3 Å². The molecule has 25 heavy (non-hydrogen) atoms. The molecule has 0 unspecified atom stereocenters. The van der Waals surface area contributed by atoms with E-state index in [0.29, 0.717) is 12.8 Å². The molecule has 0 aliphatic heterocycles. The maximum atomic E-state index is 12.6. The average molecular weight is 344 g/mol. The van der Waals surface area contributed by atoms with Crippen LogP contribution in [0, 0.1) is 11.3 Å². The molecule has 5 nitrogen and oxygen atoms in total. The van der Waals surface area contributed by atoms with E-state index in [2.05, 4.69) is 6.08 Å². The van der Waals surface area contributed by atoms with Crippen LogP contribution in [-0.4, -0.2) is 29.4 Å². The number of hydrogen-bond acceptors (Lipinski definition) is 5. The van der Waals surface area contributed by atoms with Crippen molar-refractivity contribution in [2.75, 3.05) is 0 Å². The summed E-state index contributed by atoms with van der Waals surface area (Å²) in [7, 11) is 0. The second-order valence-electron chi connectivity index (χ2n) is 6.96. The van der Waals surface area contributed by atoms with Crippen molar-refractivity contribution in [3.63, 3.8) is 0 Å². The van der Waals surface area contributed by atoms with Gasteiger partial charge in [0.05, 0.1) is 0 Å². The average Bonchev–Trinajstić information content (AvgIpc) is 2.49. The third-order valence-electron chi connectivity index (χ3n) is 4.90. The van der Waals surface area contributed by atoms with Gasteiger partial charge in [0, 0.05) is 12.8 Å². The number of allylic oxidation sites excluding steroid dienone is 5. The highest BCUT2D eigenvalue weighted by Gasteiger charge is 2.60. The molecule has 0 amide bonds. The molecule has 0 radical (unpaired) electrons. The normalized spacial score (nSPS) is 28.1. The Morgan fingerprint density at radius 2 is 1.88 bits per heavy atom. The third kappa shape index (κ3) is 3.55. The molecule has 0 aromatic heterocycles. The van der Waals surface area contributed by atoms with Crippen LogP contribution in [-0.2, 0) is 23.9 Å². The fourth-order valence-corrected chi connectivity index (χ4v) is 3.74. The molecule has 0 saturated heterocycles. The number of ketones is 3. The van der Waals surface area contributed by atoms with Gasteiger partial charge < -0.3 is 4.74 Å². The molecule has 0 aromatic carbocycles. The lowest BCUT2D eigenvalue weighted by atomic mass is 9.57. The lowest BCUT2D eigenvalue weighted by Crippen LogP contribution is -2.58. The lowest BCUT2D eigenvalue weighted by molar-refractivity contribution is -0.165. The molecular weight excluding hydrogens is 320 g/mol. The van der Waals surface area contributed by atoms with Gasteiger partial charge in [0.1, 0.15) is 17.3 Å². The first-order valence-corrected chi connectivity index (χ1v) is 8.47. The summed E-state index contributed by atoms with van der Waals surface area (Å²) in [6, 6.07) is 0. The molecule has 0 spiro atoms. The van der Waals surface area contributed by atoms with Crippen LogP contribution in [0.2, 0.25) is 0 Å². The quantitative estimate of drug-likeness (QED) is 0.435. The smallest absolute Gasteiger partial charge is 0.303 e. The number of fused-ring (bicyclic) bond motifs is 1. The molecule has 3 atom stereocenters. The van der Waals surface area contributed by atoms with Gasteiger partial charge in [0.25, 0.3) is 0 Å². The van der Waals surface area contributed by atoms with Crippen LogP contribution in [0.25, 0.3) is 0 Å². The fraction of sp³-hybridized carbons (Fsp3) is 0.500. The molecule has 0 N–H and O–H groups in total. The van der Waals surface area contributed by atoms with Crippen LogP contribution in [0.5, 0.6) is 0 Å². The maximum absolute atomic E-state index is 12.6. The number of hydrogen-bond donors (Lipinski definition) is 0. The van der Waals surface area contributed by atoms with Crippen LogP contribution < -0.4 is 0 Å². The molecule has 0 bridgehead atoms. The Labute approximate surface area is 147 Å². The number of ether oxygens (including phenoxy) is 1. The zero-order valence-corrected chi connectivity index (χ0v) is 15.1. The van der Waals surface area contributed by atoms with Gasteiger partial charge in [-0.2, -0.15) is 0 Å². The largest absolute Gasteiger partial charge is 0.457 e. The predicted molar refractivity (Wildman–Crippen MR) is 92.7 cm³/mol. The first-order chi connectivity index (χ1) is 11.7. The lowest BCUT2D eigenvalue weighted by Gasteiger charge is -2.44. The van der Waals surface area contributed by atoms with Crippen LogP contribution in [0.4, 0.5) is 0 Å². The van der Waals surface area contributed by atoms with Gasteiger partial charge in [-0.1, -0.05) is 17.2 Å². The van der Waals surface area contributed by atoms with Gasteiger partial charge in [-0.25, -0.2) is 0 Å². The minimum absolute atomic E-state index is 0.264. The van der Waals surface area contributed by atoms with E-state index in [9.17, 15) is 19.2 Å². The number of esters is 1. The summed E-state index contributed by atoms with van der Waals surface area (Å²) in [5.41, 5.74) is 0.497. The van der Waals surface area contributed by atoms with Crippen molar-refractivity contribution in [3.05, 3.63) is 35.5 Å². The number of Topliss-reactive ketones (excluding diaryl/α,β-unsaturated/α-hetero) is 1. The van der Waals surface area contributed by atoms with Crippen molar-refractivity contribution in [1.29, 1.82) is 0 Å². The van der Waals surface area contributed by atoms with Crippen LogP contribution in [0.3, 0.4) is 0 Å². The zero-order chi connectivity index (χ0) is 18.8. The van der Waals surface area contributed by atoms with Crippen molar-refractivity contribution in [2.45, 2.75) is 53.1 Å². The number of rotatable bonds is 5. The molecule has 0 heterocycles. The van der Waals surface area contributed by atoms with Gasteiger partial charge in [0.2, 0.25) is 0 Å².